The number of rotatable bonds is 4. The maximum Gasteiger partial charge on any atom is 0.261 e. The van der Waals surface area contributed by atoms with Gasteiger partial charge in [-0.2, -0.15) is 0 Å². The van der Waals surface area contributed by atoms with Crippen molar-refractivity contribution in [2.75, 3.05) is 30.0 Å². The fraction of sp³-hybridized carbons (Fsp3) is 0.389. The molecule has 25 heavy (non-hydrogen) atoms. The Kier molecular flexibility index (Phi) is 4.85. The predicted octanol–water partition coefficient (Wildman–Crippen LogP) is 2.72. The van der Waals surface area contributed by atoms with Crippen molar-refractivity contribution < 1.29 is 18.8 Å². The second kappa shape index (κ2) is 7.06. The van der Waals surface area contributed by atoms with Gasteiger partial charge < -0.3 is 19.5 Å². The molecule has 1 aliphatic heterocycles. The molecular weight excluding hydrogens is 322 g/mol. The van der Waals surface area contributed by atoms with Gasteiger partial charge in [0.1, 0.15) is 12.2 Å². The van der Waals surface area contributed by atoms with Gasteiger partial charge in [-0.25, -0.2) is 0 Å². The van der Waals surface area contributed by atoms with Crippen molar-refractivity contribution in [1.82, 2.24) is 5.16 Å². The standard InChI is InChI=1S/C18H21N3O4/c1-11(2)17-16(12(3)20-25-17)18(23)19-13-4-6-14(7-5-13)21-8-9-24-10-15(21)22/h4-7,11H,8-10H2,1-3H3,(H,19,23). The summed E-state index contributed by atoms with van der Waals surface area (Å²) in [5.41, 5.74) is 2.47. The number of carbonyl (C=O) groups is 2. The highest BCUT2D eigenvalue weighted by Crippen LogP contribution is 2.24. The number of aromatic nitrogens is 1. The lowest BCUT2D eigenvalue weighted by Crippen LogP contribution is -2.41. The first-order chi connectivity index (χ1) is 12.0. The van der Waals surface area contributed by atoms with Crippen molar-refractivity contribution in [2.24, 2.45) is 0 Å². The van der Waals surface area contributed by atoms with Gasteiger partial charge in [0.25, 0.3) is 11.8 Å². The van der Waals surface area contributed by atoms with Gasteiger partial charge >= 0.3 is 0 Å². The summed E-state index contributed by atoms with van der Waals surface area (Å²) in [6.45, 7) is 6.80. The molecule has 7 heteroatoms. The van der Waals surface area contributed by atoms with Crippen molar-refractivity contribution in [1.29, 1.82) is 0 Å². The zero-order chi connectivity index (χ0) is 18.0. The largest absolute Gasteiger partial charge is 0.370 e. The average Bonchev–Trinajstić information content (AvgIpc) is 2.98. The van der Waals surface area contributed by atoms with Crippen LogP contribution in [0.2, 0.25) is 0 Å². The molecule has 0 unspecified atom stereocenters. The van der Waals surface area contributed by atoms with E-state index in [0.29, 0.717) is 35.9 Å². The number of anilines is 2. The van der Waals surface area contributed by atoms with Crippen LogP contribution in [-0.4, -0.2) is 36.7 Å². The molecule has 0 bridgehead atoms. The number of amides is 2. The number of carbonyl (C=O) groups excluding carboxylic acids is 2. The molecule has 1 saturated heterocycles. The molecule has 7 nitrogen and oxygen atoms in total. The Balaban J connectivity index is 1.74. The minimum Gasteiger partial charge on any atom is -0.370 e. The van der Waals surface area contributed by atoms with Crippen LogP contribution in [0.25, 0.3) is 0 Å². The van der Waals surface area contributed by atoms with Gasteiger partial charge in [0.05, 0.1) is 12.3 Å². The Morgan fingerprint density at radius 3 is 2.64 bits per heavy atom. The van der Waals surface area contributed by atoms with Crippen molar-refractivity contribution in [3.63, 3.8) is 0 Å². The summed E-state index contributed by atoms with van der Waals surface area (Å²) in [4.78, 5) is 26.1. The average molecular weight is 343 g/mol. The summed E-state index contributed by atoms with van der Waals surface area (Å²) in [5.74, 6) is 0.324. The molecule has 2 heterocycles. The van der Waals surface area contributed by atoms with Crippen molar-refractivity contribution in [3.05, 3.63) is 41.3 Å². The molecule has 1 N–H and O–H groups in total. The quantitative estimate of drug-likeness (QED) is 0.923. The van der Waals surface area contributed by atoms with E-state index in [1.54, 1.807) is 24.0 Å². The lowest BCUT2D eigenvalue weighted by atomic mass is 10.0. The van der Waals surface area contributed by atoms with Gasteiger partial charge in [0, 0.05) is 23.8 Å². The molecule has 2 amide bonds. The Labute approximate surface area is 145 Å². The minimum atomic E-state index is -0.252. The van der Waals surface area contributed by atoms with Gasteiger partial charge in [-0.05, 0) is 31.2 Å². The first-order valence-corrected chi connectivity index (χ1v) is 8.23. The molecule has 3 rings (SSSR count). The predicted molar refractivity (Wildman–Crippen MR) is 92.9 cm³/mol. The number of nitrogens with one attached hydrogen (secondary N) is 1. The molecule has 0 saturated carbocycles. The van der Waals surface area contributed by atoms with Gasteiger partial charge in [0.15, 0.2) is 5.76 Å². The number of morpholine rings is 1. The Hall–Kier alpha value is -2.67. The van der Waals surface area contributed by atoms with E-state index in [0.717, 1.165) is 5.69 Å². The van der Waals surface area contributed by atoms with E-state index in [4.69, 9.17) is 9.26 Å². The summed E-state index contributed by atoms with van der Waals surface area (Å²) in [6.07, 6.45) is 0. The maximum atomic E-state index is 12.6. The third-order valence-corrected chi connectivity index (χ3v) is 4.06. The van der Waals surface area contributed by atoms with Crippen LogP contribution in [0.3, 0.4) is 0 Å². The van der Waals surface area contributed by atoms with E-state index in [1.807, 2.05) is 26.0 Å². The first kappa shape index (κ1) is 17.2. The van der Waals surface area contributed by atoms with Gasteiger partial charge in [0.2, 0.25) is 0 Å². The molecule has 0 aliphatic carbocycles. The van der Waals surface area contributed by atoms with Crippen LogP contribution < -0.4 is 10.2 Å². The number of hydrogen-bond acceptors (Lipinski definition) is 5. The van der Waals surface area contributed by atoms with Crippen LogP contribution in [0.15, 0.2) is 28.8 Å². The Morgan fingerprint density at radius 1 is 1.28 bits per heavy atom. The molecule has 0 atom stereocenters. The summed E-state index contributed by atoms with van der Waals surface area (Å²) in [6, 6.07) is 7.16. The molecule has 0 radical (unpaired) electrons. The van der Waals surface area contributed by atoms with Gasteiger partial charge in [-0.15, -0.1) is 0 Å². The van der Waals surface area contributed by atoms with E-state index in [-0.39, 0.29) is 24.3 Å². The SMILES string of the molecule is Cc1noc(C(C)C)c1C(=O)Nc1ccc(N2CCOCC2=O)cc1. The second-order valence-corrected chi connectivity index (χ2v) is 6.26. The number of nitrogens with zero attached hydrogens (tertiary/aromatic N) is 2. The molecule has 2 aromatic rings. The van der Waals surface area contributed by atoms with E-state index in [1.165, 1.54) is 0 Å². The van der Waals surface area contributed by atoms with Gasteiger partial charge in [-0.3, -0.25) is 9.59 Å². The zero-order valence-electron chi connectivity index (χ0n) is 14.5. The van der Waals surface area contributed by atoms with Crippen LogP contribution in [0.1, 0.15) is 41.6 Å². The van der Waals surface area contributed by atoms with E-state index < -0.39 is 0 Å². The van der Waals surface area contributed by atoms with Crippen molar-refractivity contribution in [3.8, 4) is 0 Å². The number of benzene rings is 1. The highest BCUT2D eigenvalue weighted by Gasteiger charge is 2.23. The monoisotopic (exact) mass is 343 g/mol. The summed E-state index contributed by atoms with van der Waals surface area (Å²) >= 11 is 0. The zero-order valence-corrected chi connectivity index (χ0v) is 14.5. The van der Waals surface area contributed by atoms with Crippen LogP contribution >= 0.6 is 0 Å². The summed E-state index contributed by atoms with van der Waals surface area (Å²) in [7, 11) is 0. The van der Waals surface area contributed by atoms with Gasteiger partial charge in [-0.1, -0.05) is 19.0 Å². The highest BCUT2D eigenvalue weighted by molar-refractivity contribution is 6.06. The van der Waals surface area contributed by atoms with Crippen LogP contribution in [-0.2, 0) is 9.53 Å². The fourth-order valence-corrected chi connectivity index (χ4v) is 2.77. The first-order valence-electron chi connectivity index (χ1n) is 8.23. The van der Waals surface area contributed by atoms with E-state index in [9.17, 15) is 9.59 Å². The molecule has 0 spiro atoms. The second-order valence-electron chi connectivity index (χ2n) is 6.26. The third kappa shape index (κ3) is 3.56. The van der Waals surface area contributed by atoms with Crippen LogP contribution in [0.4, 0.5) is 11.4 Å². The molecule has 1 aromatic carbocycles. The molecule has 1 fully saturated rings. The van der Waals surface area contributed by atoms with Crippen LogP contribution in [0, 0.1) is 6.92 Å². The number of hydrogen-bond donors (Lipinski definition) is 1. The maximum absolute atomic E-state index is 12.6. The highest BCUT2D eigenvalue weighted by atomic mass is 16.5. The molecule has 1 aliphatic rings. The molecular formula is C18H21N3O4. The Bertz CT molecular complexity index is 780. The summed E-state index contributed by atoms with van der Waals surface area (Å²) < 4.78 is 10.4. The van der Waals surface area contributed by atoms with E-state index >= 15 is 0 Å². The lowest BCUT2D eigenvalue weighted by Gasteiger charge is -2.26. The minimum absolute atomic E-state index is 0.0651. The number of ether oxygens (including phenoxy) is 1. The molecule has 132 valence electrons. The Morgan fingerprint density at radius 2 is 2.00 bits per heavy atom. The van der Waals surface area contributed by atoms with Crippen LogP contribution in [0.5, 0.6) is 0 Å². The fourth-order valence-electron chi connectivity index (χ4n) is 2.77. The number of aryl methyl sites for hydroxylation is 1. The normalized spacial score (nSPS) is 14.9. The lowest BCUT2D eigenvalue weighted by molar-refractivity contribution is -0.125. The molecule has 1 aromatic heterocycles. The van der Waals surface area contributed by atoms with Crippen molar-refractivity contribution in [2.45, 2.75) is 26.7 Å². The topological polar surface area (TPSA) is 84.7 Å². The summed E-state index contributed by atoms with van der Waals surface area (Å²) in [5, 5.41) is 6.75. The van der Waals surface area contributed by atoms with E-state index in [2.05, 4.69) is 10.5 Å². The smallest absolute Gasteiger partial charge is 0.261 e. The third-order valence-electron chi connectivity index (χ3n) is 4.06. The van der Waals surface area contributed by atoms with Crippen molar-refractivity contribution >= 4 is 23.2 Å².